The van der Waals surface area contributed by atoms with E-state index in [1.165, 1.54) is 19.2 Å². The highest BCUT2D eigenvalue weighted by molar-refractivity contribution is 5.97. The zero-order valence-electron chi connectivity index (χ0n) is 10.8. The summed E-state index contributed by atoms with van der Waals surface area (Å²) in [5.74, 6) is 0.210. The molecule has 6 nitrogen and oxygen atoms in total. The van der Waals surface area contributed by atoms with Gasteiger partial charge in [0.1, 0.15) is 11.5 Å². The lowest BCUT2D eigenvalue weighted by Gasteiger charge is -2.35. The third-order valence-corrected chi connectivity index (χ3v) is 3.19. The van der Waals surface area contributed by atoms with Crippen LogP contribution in [0.3, 0.4) is 0 Å². The monoisotopic (exact) mass is 266 g/mol. The number of phenolic OH excluding ortho intramolecular Hbond substituents is 1. The third-order valence-electron chi connectivity index (χ3n) is 3.19. The zero-order valence-corrected chi connectivity index (χ0v) is 10.8. The van der Waals surface area contributed by atoms with Crippen LogP contribution in [0, 0.1) is 0 Å². The van der Waals surface area contributed by atoms with Gasteiger partial charge >= 0.3 is 0 Å². The number of carbonyl (C=O) groups excluding carboxylic acids is 1. The van der Waals surface area contributed by atoms with E-state index in [9.17, 15) is 9.90 Å². The summed E-state index contributed by atoms with van der Waals surface area (Å²) in [6.07, 6.45) is 0. The number of amides is 1. The van der Waals surface area contributed by atoms with Gasteiger partial charge in [-0.3, -0.25) is 4.79 Å². The minimum absolute atomic E-state index is 0.0620. The SMILES string of the molecule is COc1ccc(O)c(C(=O)N2CCOCC2CN)c1. The Morgan fingerprint density at radius 1 is 1.63 bits per heavy atom. The molecule has 0 saturated carbocycles. The first-order chi connectivity index (χ1) is 9.17. The molecule has 104 valence electrons. The number of rotatable bonds is 3. The van der Waals surface area contributed by atoms with Crippen molar-refractivity contribution in [2.45, 2.75) is 6.04 Å². The highest BCUT2D eigenvalue weighted by Gasteiger charge is 2.28. The Kier molecular flexibility index (Phi) is 4.24. The molecule has 0 aromatic heterocycles. The van der Waals surface area contributed by atoms with Crippen molar-refractivity contribution in [2.24, 2.45) is 5.73 Å². The normalized spacial score (nSPS) is 19.3. The molecule has 0 aliphatic carbocycles. The molecule has 1 aromatic carbocycles. The second kappa shape index (κ2) is 5.90. The van der Waals surface area contributed by atoms with E-state index in [-0.39, 0.29) is 23.3 Å². The highest BCUT2D eigenvalue weighted by atomic mass is 16.5. The van der Waals surface area contributed by atoms with Crippen LogP contribution in [0.2, 0.25) is 0 Å². The van der Waals surface area contributed by atoms with E-state index in [1.54, 1.807) is 11.0 Å². The second-order valence-electron chi connectivity index (χ2n) is 4.35. The van der Waals surface area contributed by atoms with Crippen LogP contribution < -0.4 is 10.5 Å². The number of ether oxygens (including phenoxy) is 2. The van der Waals surface area contributed by atoms with Crippen molar-refractivity contribution in [1.29, 1.82) is 0 Å². The fourth-order valence-corrected chi connectivity index (χ4v) is 2.09. The van der Waals surface area contributed by atoms with Gasteiger partial charge in [0.15, 0.2) is 0 Å². The van der Waals surface area contributed by atoms with Gasteiger partial charge in [-0.1, -0.05) is 0 Å². The molecule has 1 aliphatic rings. The van der Waals surface area contributed by atoms with Crippen LogP contribution >= 0.6 is 0 Å². The topological polar surface area (TPSA) is 85.0 Å². The minimum Gasteiger partial charge on any atom is -0.507 e. The second-order valence-corrected chi connectivity index (χ2v) is 4.35. The maximum Gasteiger partial charge on any atom is 0.258 e. The van der Waals surface area contributed by atoms with E-state index in [4.69, 9.17) is 15.2 Å². The zero-order chi connectivity index (χ0) is 13.8. The highest BCUT2D eigenvalue weighted by Crippen LogP contribution is 2.25. The van der Waals surface area contributed by atoms with Crippen LogP contribution in [-0.4, -0.2) is 55.4 Å². The van der Waals surface area contributed by atoms with Crippen LogP contribution in [0.5, 0.6) is 11.5 Å². The summed E-state index contributed by atoms with van der Waals surface area (Å²) in [6.45, 7) is 1.70. The van der Waals surface area contributed by atoms with Crippen LogP contribution in [-0.2, 0) is 4.74 Å². The lowest BCUT2D eigenvalue weighted by Crippen LogP contribution is -2.52. The summed E-state index contributed by atoms with van der Waals surface area (Å²) in [5, 5.41) is 9.82. The molecular formula is C13H18N2O4. The molecule has 2 rings (SSSR count). The molecule has 1 fully saturated rings. The number of nitrogens with two attached hydrogens (primary N) is 1. The molecule has 1 unspecified atom stereocenters. The van der Waals surface area contributed by atoms with Crippen molar-refractivity contribution in [3.8, 4) is 11.5 Å². The number of nitrogens with zero attached hydrogens (tertiary/aromatic N) is 1. The Bertz CT molecular complexity index is 464. The number of phenols is 1. The van der Waals surface area contributed by atoms with Crippen LogP contribution in [0.15, 0.2) is 18.2 Å². The molecule has 1 atom stereocenters. The molecule has 3 N–H and O–H groups in total. The molecule has 1 saturated heterocycles. The van der Waals surface area contributed by atoms with E-state index in [0.717, 1.165) is 0 Å². The van der Waals surface area contributed by atoms with E-state index in [2.05, 4.69) is 0 Å². The summed E-state index contributed by atoms with van der Waals surface area (Å²) in [6, 6.07) is 4.42. The van der Waals surface area contributed by atoms with Gasteiger partial charge < -0.3 is 25.2 Å². The van der Waals surface area contributed by atoms with Crippen molar-refractivity contribution in [3.63, 3.8) is 0 Å². The van der Waals surface area contributed by atoms with Gasteiger partial charge in [0, 0.05) is 13.1 Å². The van der Waals surface area contributed by atoms with Gasteiger partial charge in [-0.15, -0.1) is 0 Å². The van der Waals surface area contributed by atoms with E-state index in [1.807, 2.05) is 0 Å². The van der Waals surface area contributed by atoms with Gasteiger partial charge in [0.2, 0.25) is 0 Å². The maximum absolute atomic E-state index is 12.5. The van der Waals surface area contributed by atoms with Gasteiger partial charge in [-0.05, 0) is 18.2 Å². The van der Waals surface area contributed by atoms with Crippen LogP contribution in [0.25, 0.3) is 0 Å². The molecule has 6 heteroatoms. The standard InChI is InChI=1S/C13H18N2O4/c1-18-10-2-3-12(16)11(6-10)13(17)15-4-5-19-8-9(15)7-14/h2-3,6,9,16H,4-5,7-8,14H2,1H3. The summed E-state index contributed by atoms with van der Waals surface area (Å²) in [5.41, 5.74) is 5.86. The number of methoxy groups -OCH3 is 1. The van der Waals surface area contributed by atoms with Crippen molar-refractivity contribution in [1.82, 2.24) is 4.90 Å². The Labute approximate surface area is 111 Å². The van der Waals surface area contributed by atoms with Crippen molar-refractivity contribution in [2.75, 3.05) is 33.4 Å². The average molecular weight is 266 g/mol. The number of hydrogen-bond donors (Lipinski definition) is 2. The summed E-state index contributed by atoms with van der Waals surface area (Å²) < 4.78 is 10.4. The first-order valence-electron chi connectivity index (χ1n) is 6.13. The molecular weight excluding hydrogens is 248 g/mol. The van der Waals surface area contributed by atoms with E-state index >= 15 is 0 Å². The smallest absolute Gasteiger partial charge is 0.258 e. The third kappa shape index (κ3) is 2.80. The van der Waals surface area contributed by atoms with Crippen molar-refractivity contribution in [3.05, 3.63) is 23.8 Å². The van der Waals surface area contributed by atoms with E-state index < -0.39 is 0 Å². The lowest BCUT2D eigenvalue weighted by atomic mass is 10.1. The number of carbonyl (C=O) groups is 1. The molecule has 1 amide bonds. The Balaban J connectivity index is 2.27. The Hall–Kier alpha value is -1.79. The first kappa shape index (κ1) is 13.6. The molecule has 1 aromatic rings. The van der Waals surface area contributed by atoms with Crippen molar-refractivity contribution < 1.29 is 19.4 Å². The minimum atomic E-state index is -0.254. The first-order valence-corrected chi connectivity index (χ1v) is 6.13. The van der Waals surface area contributed by atoms with Gasteiger partial charge in [-0.25, -0.2) is 0 Å². The van der Waals surface area contributed by atoms with Crippen LogP contribution in [0.1, 0.15) is 10.4 Å². The predicted octanol–water partition coefficient (Wildman–Crippen LogP) is 0.201. The lowest BCUT2D eigenvalue weighted by molar-refractivity contribution is 0.000682. The fraction of sp³-hybridized carbons (Fsp3) is 0.462. The number of benzene rings is 1. The van der Waals surface area contributed by atoms with E-state index in [0.29, 0.717) is 32.1 Å². The fourth-order valence-electron chi connectivity index (χ4n) is 2.09. The largest absolute Gasteiger partial charge is 0.507 e. The average Bonchev–Trinajstić information content (AvgIpc) is 2.47. The Morgan fingerprint density at radius 2 is 2.42 bits per heavy atom. The summed E-state index contributed by atoms with van der Waals surface area (Å²) in [7, 11) is 1.51. The molecule has 19 heavy (non-hydrogen) atoms. The number of hydrogen-bond acceptors (Lipinski definition) is 5. The quantitative estimate of drug-likeness (QED) is 0.816. The summed E-state index contributed by atoms with van der Waals surface area (Å²) in [4.78, 5) is 14.1. The van der Waals surface area contributed by atoms with Gasteiger partial charge in [0.05, 0.1) is 31.9 Å². The molecule has 0 spiro atoms. The van der Waals surface area contributed by atoms with Gasteiger partial charge in [0.25, 0.3) is 5.91 Å². The van der Waals surface area contributed by atoms with Crippen LogP contribution in [0.4, 0.5) is 0 Å². The molecule has 1 heterocycles. The van der Waals surface area contributed by atoms with Crippen molar-refractivity contribution >= 4 is 5.91 Å². The maximum atomic E-state index is 12.5. The Morgan fingerprint density at radius 3 is 3.11 bits per heavy atom. The summed E-state index contributed by atoms with van der Waals surface area (Å²) >= 11 is 0. The predicted molar refractivity (Wildman–Crippen MR) is 69.4 cm³/mol. The number of aromatic hydroxyl groups is 1. The molecule has 0 bridgehead atoms. The molecule has 0 radical (unpaired) electrons. The number of morpholine rings is 1. The van der Waals surface area contributed by atoms with Gasteiger partial charge in [-0.2, -0.15) is 0 Å². The molecule has 1 aliphatic heterocycles.